The second-order valence-electron chi connectivity index (χ2n) is 2.77. The number of anilines is 1. The monoisotopic (exact) mass is 175 g/mol. The smallest absolute Gasteiger partial charge is 0.208 e. The molecule has 2 aromatic rings. The van der Waals surface area contributed by atoms with Gasteiger partial charge in [-0.1, -0.05) is 11.2 Å². The van der Waals surface area contributed by atoms with E-state index in [2.05, 4.69) is 10.1 Å². The van der Waals surface area contributed by atoms with E-state index >= 15 is 0 Å². The molecule has 0 aliphatic rings. The Morgan fingerprint density at radius 2 is 2.23 bits per heavy atom. The number of rotatable bonds is 1. The predicted octanol–water partition coefficient (Wildman–Crippen LogP) is 1.63. The molecule has 2 rings (SSSR count). The van der Waals surface area contributed by atoms with Crippen molar-refractivity contribution >= 4 is 5.69 Å². The molecule has 0 aliphatic heterocycles. The van der Waals surface area contributed by atoms with Crippen LogP contribution in [0.15, 0.2) is 28.9 Å². The maximum absolute atomic E-state index is 5.63. The fourth-order valence-electron chi connectivity index (χ4n) is 1.11. The molecule has 66 valence electrons. The maximum Gasteiger partial charge on any atom is 0.208 e. The van der Waals surface area contributed by atoms with Gasteiger partial charge in [-0.25, -0.2) is 4.98 Å². The van der Waals surface area contributed by atoms with E-state index in [4.69, 9.17) is 10.3 Å². The van der Waals surface area contributed by atoms with Gasteiger partial charge in [-0.3, -0.25) is 0 Å². The van der Waals surface area contributed by atoms with E-state index < -0.39 is 0 Å². The van der Waals surface area contributed by atoms with E-state index in [0.717, 1.165) is 11.4 Å². The molecule has 0 aromatic carbocycles. The molecule has 2 heterocycles. The first-order valence-electron chi connectivity index (χ1n) is 3.91. The van der Waals surface area contributed by atoms with E-state index in [1.165, 1.54) is 6.20 Å². The zero-order valence-electron chi connectivity index (χ0n) is 7.19. The van der Waals surface area contributed by atoms with Gasteiger partial charge in [0.05, 0.1) is 6.20 Å². The van der Waals surface area contributed by atoms with Crippen molar-refractivity contribution in [3.63, 3.8) is 0 Å². The van der Waals surface area contributed by atoms with E-state index in [1.807, 2.05) is 25.1 Å². The molecule has 0 atom stereocenters. The zero-order valence-corrected chi connectivity index (χ0v) is 7.19. The Bertz CT molecular complexity index is 422. The van der Waals surface area contributed by atoms with Crippen molar-refractivity contribution in [2.45, 2.75) is 6.92 Å². The Balaban J connectivity index is 2.53. The van der Waals surface area contributed by atoms with Gasteiger partial charge in [0.15, 0.2) is 0 Å². The molecule has 0 aliphatic carbocycles. The highest BCUT2D eigenvalue weighted by Gasteiger charge is 2.08. The van der Waals surface area contributed by atoms with Crippen LogP contribution in [-0.2, 0) is 0 Å². The lowest BCUT2D eigenvalue weighted by molar-refractivity contribution is 0.431. The molecule has 0 fully saturated rings. The molecule has 0 saturated heterocycles. The summed E-state index contributed by atoms with van der Waals surface area (Å²) in [5.41, 5.74) is 7.78. The molecular weight excluding hydrogens is 166 g/mol. The molecule has 4 heteroatoms. The highest BCUT2D eigenvalue weighted by atomic mass is 16.5. The number of hydrogen-bond donors (Lipinski definition) is 1. The SMILES string of the molecule is Cc1cccc(-c2oncc2N)n1. The fraction of sp³-hybridized carbons (Fsp3) is 0.111. The summed E-state index contributed by atoms with van der Waals surface area (Å²) in [5.74, 6) is 0.531. The van der Waals surface area contributed by atoms with Gasteiger partial charge in [-0.2, -0.15) is 0 Å². The highest BCUT2D eigenvalue weighted by Crippen LogP contribution is 2.22. The molecule has 0 radical (unpaired) electrons. The third-order valence-electron chi connectivity index (χ3n) is 1.72. The van der Waals surface area contributed by atoms with Crippen molar-refractivity contribution < 1.29 is 4.52 Å². The van der Waals surface area contributed by atoms with Gasteiger partial charge in [0.1, 0.15) is 11.4 Å². The quantitative estimate of drug-likeness (QED) is 0.715. The van der Waals surface area contributed by atoms with Gasteiger partial charge in [0.2, 0.25) is 5.76 Å². The molecule has 2 aromatic heterocycles. The molecule has 0 saturated carbocycles. The van der Waals surface area contributed by atoms with Crippen molar-refractivity contribution in [2.24, 2.45) is 0 Å². The second-order valence-corrected chi connectivity index (χ2v) is 2.77. The van der Waals surface area contributed by atoms with Gasteiger partial charge in [0, 0.05) is 5.69 Å². The molecule has 0 unspecified atom stereocenters. The van der Waals surface area contributed by atoms with Crippen LogP contribution in [0, 0.1) is 6.92 Å². The number of nitrogens with two attached hydrogens (primary N) is 1. The van der Waals surface area contributed by atoms with Crippen molar-refractivity contribution in [2.75, 3.05) is 5.73 Å². The summed E-state index contributed by atoms with van der Waals surface area (Å²) in [4.78, 5) is 4.26. The molecule has 0 amide bonds. The van der Waals surface area contributed by atoms with E-state index in [-0.39, 0.29) is 0 Å². The molecule has 4 nitrogen and oxygen atoms in total. The van der Waals surface area contributed by atoms with Gasteiger partial charge < -0.3 is 10.3 Å². The Hall–Kier alpha value is -1.84. The van der Waals surface area contributed by atoms with Crippen LogP contribution in [0.1, 0.15) is 5.69 Å². The summed E-state index contributed by atoms with van der Waals surface area (Å²) in [5, 5.41) is 3.59. The molecule has 0 spiro atoms. The van der Waals surface area contributed by atoms with Crippen LogP contribution >= 0.6 is 0 Å². The van der Waals surface area contributed by atoms with Gasteiger partial charge in [0.25, 0.3) is 0 Å². The minimum Gasteiger partial charge on any atom is -0.394 e. The summed E-state index contributed by atoms with van der Waals surface area (Å²) < 4.78 is 4.97. The van der Waals surface area contributed by atoms with Crippen LogP contribution in [0.3, 0.4) is 0 Å². The Labute approximate surface area is 75.4 Å². The average molecular weight is 175 g/mol. The van der Waals surface area contributed by atoms with Crippen LogP contribution < -0.4 is 5.73 Å². The first kappa shape index (κ1) is 7.79. The predicted molar refractivity (Wildman–Crippen MR) is 48.9 cm³/mol. The number of aromatic nitrogens is 2. The lowest BCUT2D eigenvalue weighted by Gasteiger charge is -1.96. The maximum atomic E-state index is 5.63. The number of nitrogen functional groups attached to an aromatic ring is 1. The third-order valence-corrected chi connectivity index (χ3v) is 1.72. The van der Waals surface area contributed by atoms with E-state index in [9.17, 15) is 0 Å². The van der Waals surface area contributed by atoms with Crippen LogP contribution in [0.2, 0.25) is 0 Å². The number of hydrogen-bond acceptors (Lipinski definition) is 4. The minimum absolute atomic E-state index is 0.512. The highest BCUT2D eigenvalue weighted by molar-refractivity contribution is 5.66. The van der Waals surface area contributed by atoms with Crippen molar-refractivity contribution in [3.8, 4) is 11.5 Å². The van der Waals surface area contributed by atoms with Gasteiger partial charge in [-0.15, -0.1) is 0 Å². The lowest BCUT2D eigenvalue weighted by atomic mass is 10.2. The normalized spacial score (nSPS) is 10.2. The molecule has 13 heavy (non-hydrogen) atoms. The van der Waals surface area contributed by atoms with Crippen LogP contribution in [0.25, 0.3) is 11.5 Å². The Morgan fingerprint density at radius 1 is 1.38 bits per heavy atom. The van der Waals surface area contributed by atoms with Crippen LogP contribution in [0.5, 0.6) is 0 Å². The zero-order chi connectivity index (χ0) is 9.26. The van der Waals surface area contributed by atoms with Crippen LogP contribution in [-0.4, -0.2) is 10.1 Å². The summed E-state index contributed by atoms with van der Waals surface area (Å²) in [6, 6.07) is 5.65. The summed E-state index contributed by atoms with van der Waals surface area (Å²) in [6.45, 7) is 1.91. The summed E-state index contributed by atoms with van der Waals surface area (Å²) >= 11 is 0. The van der Waals surface area contributed by atoms with Gasteiger partial charge >= 0.3 is 0 Å². The fourth-order valence-corrected chi connectivity index (χ4v) is 1.11. The van der Waals surface area contributed by atoms with Crippen molar-refractivity contribution in [1.82, 2.24) is 10.1 Å². The van der Waals surface area contributed by atoms with E-state index in [1.54, 1.807) is 0 Å². The number of nitrogens with zero attached hydrogens (tertiary/aromatic N) is 2. The standard InChI is InChI=1S/C9H9N3O/c1-6-3-2-4-8(12-6)9-7(10)5-11-13-9/h2-5H,10H2,1H3. The number of pyridine rings is 1. The molecular formula is C9H9N3O. The largest absolute Gasteiger partial charge is 0.394 e. The average Bonchev–Trinajstić information content (AvgIpc) is 2.51. The van der Waals surface area contributed by atoms with Crippen molar-refractivity contribution in [3.05, 3.63) is 30.1 Å². The Kier molecular flexibility index (Phi) is 1.73. The van der Waals surface area contributed by atoms with Crippen molar-refractivity contribution in [1.29, 1.82) is 0 Å². The Morgan fingerprint density at radius 3 is 2.85 bits per heavy atom. The van der Waals surface area contributed by atoms with E-state index in [0.29, 0.717) is 11.4 Å². The first-order valence-corrected chi connectivity index (χ1v) is 3.91. The first-order chi connectivity index (χ1) is 6.27. The second kappa shape index (κ2) is 2.90. The molecule has 0 bridgehead atoms. The lowest BCUT2D eigenvalue weighted by Crippen LogP contribution is -1.88. The number of aryl methyl sites for hydroxylation is 1. The summed E-state index contributed by atoms with van der Waals surface area (Å²) in [6.07, 6.45) is 1.47. The topological polar surface area (TPSA) is 64.9 Å². The molecule has 2 N–H and O–H groups in total. The third kappa shape index (κ3) is 1.38. The van der Waals surface area contributed by atoms with Crippen LogP contribution in [0.4, 0.5) is 5.69 Å². The summed E-state index contributed by atoms with van der Waals surface area (Å²) in [7, 11) is 0. The minimum atomic E-state index is 0.512. The van der Waals surface area contributed by atoms with Gasteiger partial charge in [-0.05, 0) is 19.1 Å².